The van der Waals surface area contributed by atoms with Crippen LogP contribution < -0.4 is 11.1 Å². The third-order valence-corrected chi connectivity index (χ3v) is 4.84. The van der Waals surface area contributed by atoms with E-state index in [-0.39, 0.29) is 5.41 Å². The minimum absolute atomic E-state index is 0.286. The molecule has 0 heterocycles. The number of oxime groups is 1. The van der Waals surface area contributed by atoms with E-state index in [1.54, 1.807) is 0 Å². The van der Waals surface area contributed by atoms with E-state index in [1.807, 2.05) is 0 Å². The monoisotopic (exact) mass is 253 g/mol. The van der Waals surface area contributed by atoms with Crippen molar-refractivity contribution in [2.75, 3.05) is 13.1 Å². The molecule has 0 saturated heterocycles. The van der Waals surface area contributed by atoms with E-state index >= 15 is 0 Å². The zero-order chi connectivity index (χ0) is 13.0. The van der Waals surface area contributed by atoms with Crippen LogP contribution in [0, 0.1) is 17.3 Å². The molecule has 0 aromatic rings. The fraction of sp³-hybridized carbons (Fsp3) is 0.929. The highest BCUT2D eigenvalue weighted by molar-refractivity contribution is 5.80. The molecule has 0 aromatic heterocycles. The van der Waals surface area contributed by atoms with Crippen molar-refractivity contribution in [2.45, 2.75) is 51.9 Å². The quantitative estimate of drug-likeness (QED) is 0.294. The lowest BCUT2D eigenvalue weighted by Gasteiger charge is -2.29. The second kappa shape index (κ2) is 5.91. The Labute approximate surface area is 110 Å². The maximum atomic E-state index is 8.63. The lowest BCUT2D eigenvalue weighted by molar-refractivity contribution is 0.243. The van der Waals surface area contributed by atoms with Gasteiger partial charge in [-0.1, -0.05) is 31.3 Å². The maximum Gasteiger partial charge on any atom is 0.139 e. The average molecular weight is 253 g/mol. The van der Waals surface area contributed by atoms with Crippen molar-refractivity contribution < 1.29 is 5.21 Å². The Kier molecular flexibility index (Phi) is 4.49. The van der Waals surface area contributed by atoms with Crippen LogP contribution in [0.5, 0.6) is 0 Å². The van der Waals surface area contributed by atoms with Crippen molar-refractivity contribution in [1.29, 1.82) is 0 Å². The van der Waals surface area contributed by atoms with Gasteiger partial charge in [0.1, 0.15) is 5.84 Å². The van der Waals surface area contributed by atoms with E-state index in [0.29, 0.717) is 5.84 Å². The molecule has 18 heavy (non-hydrogen) atoms. The van der Waals surface area contributed by atoms with Gasteiger partial charge in [-0.25, -0.2) is 0 Å². The number of nitrogens with two attached hydrogens (primary N) is 1. The van der Waals surface area contributed by atoms with Gasteiger partial charge in [-0.2, -0.15) is 0 Å². The Bertz CT molecular complexity index is 299. The Morgan fingerprint density at radius 2 is 2.11 bits per heavy atom. The van der Waals surface area contributed by atoms with Crippen molar-refractivity contribution in [3.8, 4) is 0 Å². The molecule has 2 aliphatic rings. The van der Waals surface area contributed by atoms with Crippen molar-refractivity contribution >= 4 is 5.84 Å². The van der Waals surface area contributed by atoms with Crippen LogP contribution in [0.3, 0.4) is 0 Å². The molecule has 2 saturated carbocycles. The van der Waals surface area contributed by atoms with Crippen LogP contribution in [0.15, 0.2) is 5.16 Å². The predicted molar refractivity (Wildman–Crippen MR) is 73.7 cm³/mol. The summed E-state index contributed by atoms with van der Waals surface area (Å²) in [6, 6.07) is 0. The molecule has 0 radical (unpaired) electrons. The highest BCUT2D eigenvalue weighted by Crippen LogP contribution is 2.48. The Hall–Kier alpha value is -0.770. The van der Waals surface area contributed by atoms with Gasteiger partial charge in [-0.15, -0.1) is 0 Å². The average Bonchev–Trinajstić information content (AvgIpc) is 3.11. The molecule has 2 rings (SSSR count). The van der Waals surface area contributed by atoms with Crippen molar-refractivity contribution in [3.05, 3.63) is 0 Å². The second-order valence-electron chi connectivity index (χ2n) is 6.42. The minimum atomic E-state index is 0.286. The summed E-state index contributed by atoms with van der Waals surface area (Å²) in [6.45, 7) is 4.54. The molecular formula is C14H27N3O. The first kappa shape index (κ1) is 13.7. The van der Waals surface area contributed by atoms with Gasteiger partial charge in [0.2, 0.25) is 0 Å². The van der Waals surface area contributed by atoms with E-state index in [1.165, 1.54) is 38.5 Å². The minimum Gasteiger partial charge on any atom is -0.409 e. The summed E-state index contributed by atoms with van der Waals surface area (Å²) in [6.07, 6.45) is 8.71. The molecule has 0 aliphatic heterocycles. The molecule has 104 valence electrons. The molecule has 0 spiro atoms. The van der Waals surface area contributed by atoms with Gasteiger partial charge in [0.25, 0.3) is 0 Å². The summed E-state index contributed by atoms with van der Waals surface area (Å²) in [4.78, 5) is 0. The second-order valence-corrected chi connectivity index (χ2v) is 6.42. The smallest absolute Gasteiger partial charge is 0.139 e. The van der Waals surface area contributed by atoms with Gasteiger partial charge < -0.3 is 16.3 Å². The number of hydrogen-bond acceptors (Lipinski definition) is 3. The summed E-state index contributed by atoms with van der Waals surface area (Å²) in [5.41, 5.74) is 5.89. The first-order valence-corrected chi connectivity index (χ1v) is 7.32. The molecular weight excluding hydrogens is 226 g/mol. The van der Waals surface area contributed by atoms with Crippen molar-refractivity contribution in [3.63, 3.8) is 0 Å². The molecule has 2 unspecified atom stereocenters. The lowest BCUT2D eigenvalue weighted by atomic mass is 9.80. The van der Waals surface area contributed by atoms with Crippen LogP contribution in [-0.2, 0) is 0 Å². The van der Waals surface area contributed by atoms with E-state index in [2.05, 4.69) is 17.4 Å². The zero-order valence-corrected chi connectivity index (χ0v) is 11.5. The largest absolute Gasteiger partial charge is 0.409 e. The number of nitrogens with one attached hydrogen (secondary N) is 1. The number of rotatable bonds is 6. The summed E-state index contributed by atoms with van der Waals surface area (Å²) >= 11 is 0. The fourth-order valence-corrected chi connectivity index (χ4v) is 3.23. The number of nitrogens with zero attached hydrogens (tertiary/aromatic N) is 1. The molecule has 2 aliphatic carbocycles. The fourth-order valence-electron chi connectivity index (χ4n) is 3.23. The summed E-state index contributed by atoms with van der Waals surface area (Å²) in [5.74, 6) is 2.09. The third kappa shape index (κ3) is 3.61. The van der Waals surface area contributed by atoms with E-state index in [4.69, 9.17) is 10.9 Å². The molecule has 2 fully saturated rings. The molecule has 0 aromatic carbocycles. The summed E-state index contributed by atoms with van der Waals surface area (Å²) in [5, 5.41) is 15.3. The summed E-state index contributed by atoms with van der Waals surface area (Å²) in [7, 11) is 0. The summed E-state index contributed by atoms with van der Waals surface area (Å²) < 4.78 is 0. The molecule has 0 amide bonds. The van der Waals surface area contributed by atoms with Crippen LogP contribution >= 0.6 is 0 Å². The molecule has 4 heteroatoms. The first-order chi connectivity index (χ1) is 8.65. The van der Waals surface area contributed by atoms with Gasteiger partial charge in [-0.3, -0.25) is 0 Å². The van der Waals surface area contributed by atoms with Crippen LogP contribution in [0.25, 0.3) is 0 Å². The van der Waals surface area contributed by atoms with Gasteiger partial charge in [0.15, 0.2) is 0 Å². The Morgan fingerprint density at radius 3 is 2.72 bits per heavy atom. The van der Waals surface area contributed by atoms with E-state index < -0.39 is 0 Å². The Morgan fingerprint density at radius 1 is 1.39 bits per heavy atom. The highest BCUT2D eigenvalue weighted by Gasteiger charge is 2.43. The topological polar surface area (TPSA) is 70.6 Å². The van der Waals surface area contributed by atoms with Gasteiger partial charge in [-0.05, 0) is 43.1 Å². The highest BCUT2D eigenvalue weighted by atomic mass is 16.4. The molecule has 4 N–H and O–H groups in total. The number of hydrogen-bond donors (Lipinski definition) is 3. The van der Waals surface area contributed by atoms with Crippen LogP contribution in [-0.4, -0.2) is 24.1 Å². The number of amidine groups is 1. The van der Waals surface area contributed by atoms with Gasteiger partial charge >= 0.3 is 0 Å². The molecule has 0 bridgehead atoms. The van der Waals surface area contributed by atoms with Crippen LogP contribution in [0.2, 0.25) is 0 Å². The van der Waals surface area contributed by atoms with E-state index in [0.717, 1.165) is 31.3 Å². The SMILES string of the molecule is CC1CCCCC1CNCC1(CC(N)=NO)CC1. The van der Waals surface area contributed by atoms with Gasteiger partial charge in [0, 0.05) is 13.0 Å². The van der Waals surface area contributed by atoms with Crippen LogP contribution in [0.1, 0.15) is 51.9 Å². The first-order valence-electron chi connectivity index (χ1n) is 7.32. The van der Waals surface area contributed by atoms with Crippen molar-refractivity contribution in [2.24, 2.45) is 28.1 Å². The van der Waals surface area contributed by atoms with Crippen LogP contribution in [0.4, 0.5) is 0 Å². The standard InChI is InChI=1S/C14H27N3O/c1-11-4-2-3-5-12(11)9-16-10-14(6-7-14)8-13(15)17-18/h11-12,16,18H,2-10H2,1H3,(H2,15,17). The molecule has 4 nitrogen and oxygen atoms in total. The van der Waals surface area contributed by atoms with E-state index in [9.17, 15) is 0 Å². The molecule has 2 atom stereocenters. The van der Waals surface area contributed by atoms with Gasteiger partial charge in [0.05, 0.1) is 0 Å². The third-order valence-electron chi connectivity index (χ3n) is 4.84. The maximum absolute atomic E-state index is 8.63. The predicted octanol–water partition coefficient (Wildman–Crippen LogP) is 2.32. The zero-order valence-electron chi connectivity index (χ0n) is 11.5. The van der Waals surface area contributed by atoms with Crippen molar-refractivity contribution in [1.82, 2.24) is 5.32 Å². The normalized spacial score (nSPS) is 31.3. The lowest BCUT2D eigenvalue weighted by Crippen LogP contribution is -2.34. The Balaban J connectivity index is 1.68.